The third-order valence-electron chi connectivity index (χ3n) is 1.30. The van der Waals surface area contributed by atoms with Gasteiger partial charge in [-0.05, 0) is 6.92 Å². The maximum Gasteiger partial charge on any atom is 0.305 e. The maximum absolute atomic E-state index is 10.7. The van der Waals surface area contributed by atoms with Crippen molar-refractivity contribution < 1.29 is 28.6 Å². The molecule has 0 fully saturated rings. The van der Waals surface area contributed by atoms with Gasteiger partial charge in [0.2, 0.25) is 0 Å². The second-order valence-electron chi connectivity index (χ2n) is 2.90. The Labute approximate surface area is 87.5 Å². The number of hydrogen-bond donors (Lipinski definition) is 0. The number of rotatable bonds is 4. The molecule has 0 radical (unpaired) electrons. The van der Waals surface area contributed by atoms with E-state index in [-0.39, 0.29) is 0 Å². The molecule has 0 aromatic rings. The highest BCUT2D eigenvalue weighted by Gasteiger charge is 2.25. The average molecular weight is 218 g/mol. The predicted octanol–water partition coefficient (Wildman–Crippen LogP) is 0.390. The fourth-order valence-corrected chi connectivity index (χ4v) is 0.860. The minimum atomic E-state index is -1.20. The fraction of sp³-hybridized carbons (Fsp3) is 0.667. The summed E-state index contributed by atoms with van der Waals surface area (Å²) in [5.41, 5.74) is 0. The lowest BCUT2D eigenvalue weighted by Gasteiger charge is -2.22. The molecule has 0 aliphatic rings. The van der Waals surface area contributed by atoms with E-state index in [4.69, 9.17) is 4.74 Å². The van der Waals surface area contributed by atoms with Gasteiger partial charge in [-0.1, -0.05) is 0 Å². The van der Waals surface area contributed by atoms with E-state index in [1.54, 1.807) is 0 Å². The molecule has 6 nitrogen and oxygen atoms in total. The number of hydrogen-bond acceptors (Lipinski definition) is 6. The van der Waals surface area contributed by atoms with Gasteiger partial charge in [-0.3, -0.25) is 14.4 Å². The molecule has 0 bridgehead atoms. The molecule has 0 saturated heterocycles. The first kappa shape index (κ1) is 13.4. The van der Waals surface area contributed by atoms with Crippen molar-refractivity contribution in [3.05, 3.63) is 0 Å². The SMILES string of the molecule is CC(=O)OC(C)C(OC(C)=O)OC(C)=O. The van der Waals surface area contributed by atoms with Gasteiger partial charge in [-0.25, -0.2) is 0 Å². The summed E-state index contributed by atoms with van der Waals surface area (Å²) in [6.07, 6.45) is -2.04. The Morgan fingerprint density at radius 3 is 1.40 bits per heavy atom. The normalized spacial score (nSPS) is 11.8. The average Bonchev–Trinajstić information content (AvgIpc) is 1.99. The van der Waals surface area contributed by atoms with Crippen molar-refractivity contribution in [1.82, 2.24) is 0 Å². The molecule has 0 rings (SSSR count). The lowest BCUT2D eigenvalue weighted by Crippen LogP contribution is -2.35. The van der Waals surface area contributed by atoms with Crippen molar-refractivity contribution in [2.45, 2.75) is 40.1 Å². The summed E-state index contributed by atoms with van der Waals surface area (Å²) >= 11 is 0. The summed E-state index contributed by atoms with van der Waals surface area (Å²) in [6, 6.07) is 0. The summed E-state index contributed by atoms with van der Waals surface area (Å²) in [4.78, 5) is 32.0. The summed E-state index contributed by atoms with van der Waals surface area (Å²) in [7, 11) is 0. The molecule has 1 atom stereocenters. The Hall–Kier alpha value is -1.59. The van der Waals surface area contributed by atoms with Gasteiger partial charge in [0.1, 0.15) is 0 Å². The summed E-state index contributed by atoms with van der Waals surface area (Å²) in [5, 5.41) is 0. The van der Waals surface area contributed by atoms with E-state index in [2.05, 4.69) is 9.47 Å². The van der Waals surface area contributed by atoms with Crippen LogP contribution >= 0.6 is 0 Å². The van der Waals surface area contributed by atoms with E-state index in [0.717, 1.165) is 13.8 Å². The highest BCUT2D eigenvalue weighted by molar-refractivity contribution is 5.69. The second kappa shape index (κ2) is 6.00. The molecule has 0 aromatic heterocycles. The topological polar surface area (TPSA) is 78.9 Å². The largest absolute Gasteiger partial charge is 0.455 e. The van der Waals surface area contributed by atoms with Gasteiger partial charge in [0.25, 0.3) is 6.29 Å². The first-order chi connectivity index (χ1) is 6.82. The fourth-order valence-electron chi connectivity index (χ4n) is 0.860. The Balaban J connectivity index is 4.38. The molecule has 6 heteroatoms. The number of carbonyl (C=O) groups excluding carboxylic acids is 3. The maximum atomic E-state index is 10.7. The van der Waals surface area contributed by atoms with Crippen LogP contribution in [0.15, 0.2) is 0 Å². The van der Waals surface area contributed by atoms with E-state index in [1.807, 2.05) is 0 Å². The Morgan fingerprint density at radius 1 is 0.800 bits per heavy atom. The summed E-state index contributed by atoms with van der Waals surface area (Å²) < 4.78 is 14.0. The van der Waals surface area contributed by atoms with Crippen LogP contribution in [0.2, 0.25) is 0 Å². The molecule has 0 aliphatic heterocycles. The van der Waals surface area contributed by atoms with Crippen molar-refractivity contribution in [2.24, 2.45) is 0 Å². The standard InChI is InChI=1S/C9H14O6/c1-5(13-6(2)10)9(14-7(3)11)15-8(4)12/h5,9H,1-4H3. The molecule has 15 heavy (non-hydrogen) atoms. The van der Waals surface area contributed by atoms with Crippen LogP contribution in [0.3, 0.4) is 0 Å². The minimum absolute atomic E-state index is 0.549. The zero-order chi connectivity index (χ0) is 12.0. The van der Waals surface area contributed by atoms with Gasteiger partial charge in [0.05, 0.1) is 0 Å². The lowest BCUT2D eigenvalue weighted by molar-refractivity contribution is -0.209. The summed E-state index contributed by atoms with van der Waals surface area (Å²) in [5.74, 6) is -1.80. The van der Waals surface area contributed by atoms with Gasteiger partial charge in [0, 0.05) is 20.8 Å². The van der Waals surface area contributed by atoms with E-state index in [9.17, 15) is 14.4 Å². The first-order valence-corrected chi connectivity index (χ1v) is 4.34. The molecular weight excluding hydrogens is 204 g/mol. The van der Waals surface area contributed by atoms with Crippen molar-refractivity contribution >= 4 is 17.9 Å². The molecule has 0 spiro atoms. The molecule has 0 N–H and O–H groups in total. The van der Waals surface area contributed by atoms with Crippen LogP contribution in [-0.4, -0.2) is 30.3 Å². The monoisotopic (exact) mass is 218 g/mol. The van der Waals surface area contributed by atoms with Crippen LogP contribution in [0, 0.1) is 0 Å². The van der Waals surface area contributed by atoms with E-state index in [0.29, 0.717) is 0 Å². The van der Waals surface area contributed by atoms with Crippen molar-refractivity contribution in [3.63, 3.8) is 0 Å². The second-order valence-corrected chi connectivity index (χ2v) is 2.90. The van der Waals surface area contributed by atoms with Crippen LogP contribution in [0.5, 0.6) is 0 Å². The Morgan fingerprint density at radius 2 is 1.13 bits per heavy atom. The van der Waals surface area contributed by atoms with Crippen LogP contribution in [0.25, 0.3) is 0 Å². The molecule has 0 heterocycles. The molecule has 0 aromatic carbocycles. The number of carbonyl (C=O) groups is 3. The van der Waals surface area contributed by atoms with Crippen LogP contribution < -0.4 is 0 Å². The van der Waals surface area contributed by atoms with E-state index >= 15 is 0 Å². The molecule has 86 valence electrons. The third kappa shape index (κ3) is 6.48. The van der Waals surface area contributed by atoms with Crippen LogP contribution in [-0.2, 0) is 28.6 Å². The minimum Gasteiger partial charge on any atom is -0.455 e. The molecule has 0 saturated carbocycles. The van der Waals surface area contributed by atoms with Gasteiger partial charge in [0.15, 0.2) is 6.10 Å². The lowest BCUT2D eigenvalue weighted by atomic mass is 10.4. The van der Waals surface area contributed by atoms with Crippen molar-refractivity contribution in [1.29, 1.82) is 0 Å². The zero-order valence-corrected chi connectivity index (χ0v) is 9.10. The van der Waals surface area contributed by atoms with Crippen LogP contribution in [0.4, 0.5) is 0 Å². The first-order valence-electron chi connectivity index (χ1n) is 4.34. The van der Waals surface area contributed by atoms with E-state index in [1.165, 1.54) is 13.8 Å². The van der Waals surface area contributed by atoms with Crippen molar-refractivity contribution in [3.8, 4) is 0 Å². The smallest absolute Gasteiger partial charge is 0.305 e. The molecule has 1 unspecified atom stereocenters. The number of esters is 3. The van der Waals surface area contributed by atoms with Gasteiger partial charge < -0.3 is 14.2 Å². The van der Waals surface area contributed by atoms with Gasteiger partial charge in [-0.15, -0.1) is 0 Å². The highest BCUT2D eigenvalue weighted by Crippen LogP contribution is 2.07. The number of ether oxygens (including phenoxy) is 3. The highest BCUT2D eigenvalue weighted by atomic mass is 16.7. The Bertz CT molecular complexity index is 243. The Kier molecular flexibility index (Phi) is 5.36. The summed E-state index contributed by atoms with van der Waals surface area (Å²) in [6.45, 7) is 4.99. The molecule has 0 aliphatic carbocycles. The van der Waals surface area contributed by atoms with E-state index < -0.39 is 30.3 Å². The van der Waals surface area contributed by atoms with Gasteiger partial charge in [-0.2, -0.15) is 0 Å². The predicted molar refractivity (Wildman–Crippen MR) is 48.5 cm³/mol. The van der Waals surface area contributed by atoms with Crippen LogP contribution in [0.1, 0.15) is 27.7 Å². The third-order valence-corrected chi connectivity index (χ3v) is 1.30. The van der Waals surface area contributed by atoms with Crippen molar-refractivity contribution in [2.75, 3.05) is 0 Å². The molecule has 0 amide bonds. The molecular formula is C9H14O6. The van der Waals surface area contributed by atoms with Gasteiger partial charge >= 0.3 is 17.9 Å². The quantitative estimate of drug-likeness (QED) is 0.501. The zero-order valence-electron chi connectivity index (χ0n) is 9.10.